The predicted octanol–water partition coefficient (Wildman–Crippen LogP) is -0.560. The van der Waals surface area contributed by atoms with Crippen molar-refractivity contribution in [3.8, 4) is 0 Å². The fraction of sp³-hybridized carbons (Fsp3) is 1.00. The molecule has 0 aliphatic heterocycles. The Kier molecular flexibility index (Phi) is 6.36. The average molecular weight is 232 g/mol. The van der Waals surface area contributed by atoms with Crippen molar-refractivity contribution in [2.24, 2.45) is 0 Å². The van der Waals surface area contributed by atoms with Crippen LogP contribution in [0.15, 0.2) is 0 Å². The molecule has 0 aromatic heterocycles. The molecule has 0 aromatic rings. The van der Waals surface area contributed by atoms with E-state index in [0.717, 1.165) is 12.8 Å². The molecule has 0 unspecified atom stereocenters. The van der Waals surface area contributed by atoms with Gasteiger partial charge in [0.2, 0.25) is 0 Å². The van der Waals surface area contributed by atoms with Gasteiger partial charge in [-0.1, -0.05) is 0 Å². The molecule has 0 aliphatic rings. The van der Waals surface area contributed by atoms with E-state index in [1.54, 1.807) is 22.3 Å². The van der Waals surface area contributed by atoms with Crippen LogP contribution in [0, 0.1) is 0 Å². The first-order chi connectivity index (χ1) is 3.81. The number of aliphatic hydroxyl groups excluding tert-OH is 2. The van der Waals surface area contributed by atoms with Gasteiger partial charge in [0.1, 0.15) is 0 Å². The minimum atomic E-state index is 0.250. The Morgan fingerprint density at radius 2 is 1.50 bits per heavy atom. The molecular weight excluding hydrogens is 220 g/mol. The van der Waals surface area contributed by atoms with Gasteiger partial charge in [-0.3, -0.25) is 0 Å². The van der Waals surface area contributed by atoms with Gasteiger partial charge in [-0.2, -0.15) is 0 Å². The van der Waals surface area contributed by atoms with Gasteiger partial charge in [-0.25, -0.2) is 0 Å². The van der Waals surface area contributed by atoms with E-state index in [1.165, 1.54) is 0 Å². The third-order valence-corrected chi connectivity index (χ3v) is 2.40. The summed E-state index contributed by atoms with van der Waals surface area (Å²) in [6.45, 7) is 0.500. The van der Waals surface area contributed by atoms with Gasteiger partial charge < -0.3 is 0 Å². The van der Waals surface area contributed by atoms with Gasteiger partial charge in [0.15, 0.2) is 0 Å². The molecule has 0 spiro atoms. The van der Waals surface area contributed by atoms with Crippen molar-refractivity contribution in [3.05, 3.63) is 0 Å². The van der Waals surface area contributed by atoms with E-state index in [0.29, 0.717) is 3.97 Å². The third kappa shape index (κ3) is 4.86. The van der Waals surface area contributed by atoms with E-state index < -0.39 is 0 Å². The summed E-state index contributed by atoms with van der Waals surface area (Å²) < 4.78 is 0.513. The summed E-state index contributed by atoms with van der Waals surface area (Å²) in [5, 5.41) is 16.8. The Bertz CT molecular complexity index is 43.7. The van der Waals surface area contributed by atoms with Crippen molar-refractivity contribution < 1.29 is 10.2 Å². The van der Waals surface area contributed by atoms with Gasteiger partial charge in [-0.05, 0) is 0 Å². The van der Waals surface area contributed by atoms with E-state index in [4.69, 9.17) is 10.2 Å². The SMILES string of the molecule is OCCC([TeH])CCO. The van der Waals surface area contributed by atoms with Crippen molar-refractivity contribution in [2.45, 2.75) is 16.8 Å². The van der Waals surface area contributed by atoms with E-state index in [-0.39, 0.29) is 13.2 Å². The van der Waals surface area contributed by atoms with Crippen LogP contribution in [0.3, 0.4) is 0 Å². The maximum atomic E-state index is 8.39. The van der Waals surface area contributed by atoms with Crippen LogP contribution in [0.4, 0.5) is 0 Å². The van der Waals surface area contributed by atoms with Crippen molar-refractivity contribution in [3.63, 3.8) is 0 Å². The summed E-state index contributed by atoms with van der Waals surface area (Å²) in [7, 11) is 0. The van der Waals surface area contributed by atoms with Crippen LogP contribution >= 0.6 is 0 Å². The molecule has 50 valence electrons. The molecule has 0 radical (unpaired) electrons. The fourth-order valence-corrected chi connectivity index (χ4v) is 1.10. The van der Waals surface area contributed by atoms with E-state index in [9.17, 15) is 0 Å². The first-order valence-corrected chi connectivity index (χ1v) is 4.18. The summed E-state index contributed by atoms with van der Waals surface area (Å²) in [6.07, 6.45) is 1.66. The standard InChI is InChI=1S/C5H12O2Te/c6-3-1-5(8)2-4-7/h5-8H,1-4H2. The van der Waals surface area contributed by atoms with Gasteiger partial charge in [-0.15, -0.1) is 0 Å². The zero-order valence-corrected chi connectivity index (χ0v) is 7.30. The van der Waals surface area contributed by atoms with Crippen LogP contribution < -0.4 is 0 Å². The summed E-state index contributed by atoms with van der Waals surface area (Å²) in [5.74, 6) is 0. The molecular formula is C5H12O2Te. The molecule has 0 bridgehead atoms. The second kappa shape index (κ2) is 5.84. The molecule has 0 heterocycles. The maximum absolute atomic E-state index is 8.39. The molecule has 0 aromatic carbocycles. The Balaban J connectivity index is 2.92. The molecule has 0 saturated carbocycles. The molecule has 0 fully saturated rings. The first-order valence-electron chi connectivity index (χ1n) is 2.71. The second-order valence-electron chi connectivity index (χ2n) is 1.68. The van der Waals surface area contributed by atoms with E-state index in [1.807, 2.05) is 0 Å². The Morgan fingerprint density at radius 3 is 1.75 bits per heavy atom. The summed E-state index contributed by atoms with van der Waals surface area (Å²) in [4.78, 5) is 0. The summed E-state index contributed by atoms with van der Waals surface area (Å²) >= 11 is 1.68. The van der Waals surface area contributed by atoms with Crippen LogP contribution in [0.25, 0.3) is 0 Å². The Hall–Kier alpha value is 0.710. The van der Waals surface area contributed by atoms with Crippen LogP contribution in [-0.4, -0.2) is 45.7 Å². The number of hydrogen-bond donors (Lipinski definition) is 2. The molecule has 0 rings (SSSR count). The quantitative estimate of drug-likeness (QED) is 0.637. The fourth-order valence-electron chi connectivity index (χ4n) is 0.442. The van der Waals surface area contributed by atoms with Crippen molar-refractivity contribution in [1.82, 2.24) is 0 Å². The van der Waals surface area contributed by atoms with Crippen molar-refractivity contribution in [1.29, 1.82) is 0 Å². The molecule has 0 amide bonds. The van der Waals surface area contributed by atoms with Gasteiger partial charge in [0.05, 0.1) is 0 Å². The molecule has 3 heteroatoms. The van der Waals surface area contributed by atoms with E-state index in [2.05, 4.69) is 0 Å². The number of aliphatic hydroxyl groups is 2. The summed E-state index contributed by atoms with van der Waals surface area (Å²) in [6, 6.07) is 0. The van der Waals surface area contributed by atoms with Crippen LogP contribution in [0.5, 0.6) is 0 Å². The number of hydrogen-bond acceptors (Lipinski definition) is 2. The van der Waals surface area contributed by atoms with Crippen LogP contribution in [-0.2, 0) is 0 Å². The molecule has 0 aliphatic carbocycles. The first kappa shape index (κ1) is 8.71. The predicted molar refractivity (Wildman–Crippen MR) is 34.3 cm³/mol. The number of rotatable bonds is 4. The summed E-state index contributed by atoms with van der Waals surface area (Å²) in [5.41, 5.74) is 0. The monoisotopic (exact) mass is 234 g/mol. The Morgan fingerprint density at radius 1 is 1.12 bits per heavy atom. The molecule has 0 saturated heterocycles. The third-order valence-electron chi connectivity index (χ3n) is 0.925. The van der Waals surface area contributed by atoms with Crippen LogP contribution in [0.2, 0.25) is 3.97 Å². The molecule has 0 atom stereocenters. The average Bonchev–Trinajstić information content (AvgIpc) is 1.68. The second-order valence-corrected chi connectivity index (χ2v) is 3.76. The molecule has 8 heavy (non-hydrogen) atoms. The minimum absolute atomic E-state index is 0.250. The van der Waals surface area contributed by atoms with Crippen LogP contribution in [0.1, 0.15) is 12.8 Å². The van der Waals surface area contributed by atoms with Crippen molar-refractivity contribution in [2.75, 3.05) is 13.2 Å². The topological polar surface area (TPSA) is 40.5 Å². The Labute approximate surface area is 62.8 Å². The molecule has 2 N–H and O–H groups in total. The normalized spacial score (nSPS) is 10.5. The zero-order chi connectivity index (χ0) is 6.41. The van der Waals surface area contributed by atoms with Gasteiger partial charge in [0, 0.05) is 0 Å². The zero-order valence-electron chi connectivity index (χ0n) is 4.75. The van der Waals surface area contributed by atoms with E-state index >= 15 is 0 Å². The van der Waals surface area contributed by atoms with Gasteiger partial charge in [0.25, 0.3) is 0 Å². The van der Waals surface area contributed by atoms with Crippen molar-refractivity contribution >= 4 is 22.3 Å². The molecule has 2 nitrogen and oxygen atoms in total. The van der Waals surface area contributed by atoms with Gasteiger partial charge >= 0.3 is 62.5 Å².